The molecule has 0 radical (unpaired) electrons. The Bertz CT molecular complexity index is 1320. The van der Waals surface area contributed by atoms with Gasteiger partial charge in [-0.3, -0.25) is 4.79 Å². The molecule has 0 spiro atoms. The van der Waals surface area contributed by atoms with Crippen LogP contribution in [-0.2, 0) is 14.6 Å². The Kier molecular flexibility index (Phi) is 6.12. The third kappa shape index (κ3) is 4.09. The fourth-order valence-electron chi connectivity index (χ4n) is 4.76. The van der Waals surface area contributed by atoms with Crippen LogP contribution in [0, 0.1) is 6.92 Å². The number of carbonyl (C=O) groups is 1. The number of nitrogens with one attached hydrogen (secondary N) is 1. The number of ether oxygens (including phenoxy) is 2. The largest absolute Gasteiger partial charge is 0.493 e. The van der Waals surface area contributed by atoms with Crippen molar-refractivity contribution in [3.05, 3.63) is 63.8 Å². The lowest BCUT2D eigenvalue weighted by atomic mass is 9.89. The number of aryl methyl sites for hydroxylation is 1. The quantitative estimate of drug-likeness (QED) is 0.473. The van der Waals surface area contributed by atoms with E-state index in [1.807, 2.05) is 25.1 Å². The van der Waals surface area contributed by atoms with Crippen LogP contribution in [0.2, 0.25) is 0 Å². The molecule has 8 heteroatoms. The molecule has 1 aliphatic carbocycles. The molecule has 178 valence electrons. The fraction of sp³-hybridized carbons (Fsp3) is 0.346. The summed E-state index contributed by atoms with van der Waals surface area (Å²) in [5, 5.41) is 4.47. The molecular weight excluding hydrogens is 470 g/mol. The number of thiophene rings is 1. The highest BCUT2D eigenvalue weighted by molar-refractivity contribution is 7.91. The molecule has 1 amide bonds. The zero-order chi connectivity index (χ0) is 23.9. The van der Waals surface area contributed by atoms with Gasteiger partial charge in [-0.1, -0.05) is 29.8 Å². The highest BCUT2D eigenvalue weighted by Gasteiger charge is 2.36. The third-order valence-corrected chi connectivity index (χ3v) is 9.61. The number of amides is 1. The molecule has 2 aromatic carbocycles. The summed E-state index contributed by atoms with van der Waals surface area (Å²) in [5.41, 5.74) is 2.21. The fourth-order valence-corrected chi connectivity index (χ4v) is 7.66. The molecular formula is C26H27NO5S2. The van der Waals surface area contributed by atoms with E-state index in [-0.39, 0.29) is 34.1 Å². The number of sulfone groups is 1. The van der Waals surface area contributed by atoms with E-state index < -0.39 is 9.84 Å². The predicted molar refractivity (Wildman–Crippen MR) is 132 cm³/mol. The van der Waals surface area contributed by atoms with Gasteiger partial charge in [-0.2, -0.15) is 0 Å². The standard InChI is InChI=1S/C26H27NO5S2/c1-16-10-12-18(13-11-16)34(29,30)22-15-33-26-20(14-23(28)27-24(22)26)19-8-5-9-21(31-2)25(19)32-17-6-3-4-7-17/h5,8-13,15,17,20H,3-4,6-7,14H2,1-2H3,(H,27,28)/t20-/m1/s1. The Morgan fingerprint density at radius 2 is 1.79 bits per heavy atom. The van der Waals surface area contributed by atoms with Crippen molar-refractivity contribution >= 4 is 32.8 Å². The van der Waals surface area contributed by atoms with E-state index in [2.05, 4.69) is 5.32 Å². The average Bonchev–Trinajstić information content (AvgIpc) is 3.49. The summed E-state index contributed by atoms with van der Waals surface area (Å²) in [6.45, 7) is 1.91. The van der Waals surface area contributed by atoms with Crippen LogP contribution in [0.25, 0.3) is 0 Å². The maximum Gasteiger partial charge on any atom is 0.225 e. The topological polar surface area (TPSA) is 81.7 Å². The summed E-state index contributed by atoms with van der Waals surface area (Å²) in [4.78, 5) is 14.0. The molecule has 2 aliphatic rings. The molecule has 0 saturated heterocycles. The third-order valence-electron chi connectivity index (χ3n) is 6.57. The summed E-state index contributed by atoms with van der Waals surface area (Å²) in [5.74, 6) is 0.744. The van der Waals surface area contributed by atoms with E-state index in [1.54, 1.807) is 36.8 Å². The van der Waals surface area contributed by atoms with Crippen molar-refractivity contribution in [3.63, 3.8) is 0 Å². The van der Waals surface area contributed by atoms with Gasteiger partial charge < -0.3 is 14.8 Å². The number of carbonyl (C=O) groups excluding carboxylic acids is 1. The van der Waals surface area contributed by atoms with Crippen LogP contribution < -0.4 is 14.8 Å². The number of anilines is 1. The van der Waals surface area contributed by atoms with Gasteiger partial charge in [-0.15, -0.1) is 11.3 Å². The molecule has 1 N–H and O–H groups in total. The van der Waals surface area contributed by atoms with Gasteiger partial charge >= 0.3 is 0 Å². The second-order valence-corrected chi connectivity index (χ2v) is 11.7. The highest BCUT2D eigenvalue weighted by atomic mass is 32.2. The molecule has 6 nitrogen and oxygen atoms in total. The number of fused-ring (bicyclic) bond motifs is 1. The number of methoxy groups -OCH3 is 1. The van der Waals surface area contributed by atoms with Crippen molar-refractivity contribution in [2.24, 2.45) is 0 Å². The number of para-hydroxylation sites is 1. The Morgan fingerprint density at radius 1 is 1.06 bits per heavy atom. The first kappa shape index (κ1) is 22.9. The summed E-state index contributed by atoms with van der Waals surface area (Å²) in [6, 6.07) is 12.5. The molecule has 1 aromatic heterocycles. The van der Waals surface area contributed by atoms with Crippen molar-refractivity contribution in [3.8, 4) is 11.5 Å². The average molecular weight is 498 g/mol. The van der Waals surface area contributed by atoms with Gasteiger partial charge in [0.15, 0.2) is 11.5 Å². The summed E-state index contributed by atoms with van der Waals surface area (Å²) < 4.78 is 38.9. The van der Waals surface area contributed by atoms with Crippen molar-refractivity contribution < 1.29 is 22.7 Å². The van der Waals surface area contributed by atoms with Gasteiger partial charge in [0, 0.05) is 28.2 Å². The monoisotopic (exact) mass is 497 g/mol. The minimum Gasteiger partial charge on any atom is -0.493 e. The second kappa shape index (κ2) is 9.07. The maximum atomic E-state index is 13.4. The number of hydrogen-bond acceptors (Lipinski definition) is 6. The van der Waals surface area contributed by atoms with Crippen molar-refractivity contribution in [1.82, 2.24) is 0 Å². The van der Waals surface area contributed by atoms with Gasteiger partial charge in [0.2, 0.25) is 15.7 Å². The van der Waals surface area contributed by atoms with Crippen LogP contribution in [0.5, 0.6) is 11.5 Å². The lowest BCUT2D eigenvalue weighted by molar-refractivity contribution is -0.116. The lowest BCUT2D eigenvalue weighted by Gasteiger charge is -2.27. The maximum absolute atomic E-state index is 13.4. The Balaban J connectivity index is 1.59. The van der Waals surface area contributed by atoms with Gasteiger partial charge in [-0.25, -0.2) is 8.42 Å². The van der Waals surface area contributed by atoms with E-state index in [0.29, 0.717) is 17.2 Å². The highest BCUT2D eigenvalue weighted by Crippen LogP contribution is 2.49. The lowest BCUT2D eigenvalue weighted by Crippen LogP contribution is -2.24. The normalized spacial score (nSPS) is 18.4. The first-order valence-electron chi connectivity index (χ1n) is 11.4. The number of benzene rings is 2. The molecule has 0 bridgehead atoms. The molecule has 1 aliphatic heterocycles. The van der Waals surface area contributed by atoms with E-state index in [1.165, 1.54) is 11.3 Å². The minimum absolute atomic E-state index is 0.118. The van der Waals surface area contributed by atoms with E-state index in [9.17, 15) is 13.2 Å². The summed E-state index contributed by atoms with van der Waals surface area (Å²) in [7, 11) is -2.18. The molecule has 0 unspecified atom stereocenters. The SMILES string of the molecule is COc1cccc([C@H]2CC(=O)Nc3c(S(=O)(=O)c4ccc(C)cc4)csc32)c1OC1CCCC1. The first-order valence-corrected chi connectivity index (χ1v) is 13.8. The molecule has 1 atom stereocenters. The van der Waals surface area contributed by atoms with Crippen molar-refractivity contribution in [2.45, 2.75) is 60.8 Å². The van der Waals surface area contributed by atoms with Crippen LogP contribution in [0.15, 0.2) is 57.6 Å². The molecule has 1 saturated carbocycles. The number of hydrogen-bond donors (Lipinski definition) is 1. The van der Waals surface area contributed by atoms with Gasteiger partial charge in [0.05, 0.1) is 23.8 Å². The van der Waals surface area contributed by atoms with E-state index >= 15 is 0 Å². The van der Waals surface area contributed by atoms with Crippen LogP contribution in [-0.4, -0.2) is 27.5 Å². The first-order chi connectivity index (χ1) is 16.4. The zero-order valence-electron chi connectivity index (χ0n) is 19.2. The number of rotatable bonds is 6. The zero-order valence-corrected chi connectivity index (χ0v) is 20.8. The van der Waals surface area contributed by atoms with Crippen LogP contribution in [0.3, 0.4) is 0 Å². The summed E-state index contributed by atoms with van der Waals surface area (Å²) in [6.07, 6.45) is 4.59. The molecule has 3 aromatic rings. The van der Waals surface area contributed by atoms with Crippen LogP contribution in [0.4, 0.5) is 5.69 Å². The Labute approximate surface area is 203 Å². The second-order valence-electron chi connectivity index (χ2n) is 8.86. The van der Waals surface area contributed by atoms with Crippen LogP contribution >= 0.6 is 11.3 Å². The van der Waals surface area contributed by atoms with Crippen molar-refractivity contribution in [2.75, 3.05) is 12.4 Å². The van der Waals surface area contributed by atoms with E-state index in [0.717, 1.165) is 41.7 Å². The predicted octanol–water partition coefficient (Wildman–Crippen LogP) is 5.69. The van der Waals surface area contributed by atoms with Crippen molar-refractivity contribution in [1.29, 1.82) is 0 Å². The minimum atomic E-state index is -3.78. The Morgan fingerprint density at radius 3 is 2.50 bits per heavy atom. The van der Waals surface area contributed by atoms with Gasteiger partial charge in [0.1, 0.15) is 4.90 Å². The van der Waals surface area contributed by atoms with Crippen LogP contribution in [0.1, 0.15) is 54.0 Å². The smallest absolute Gasteiger partial charge is 0.225 e. The van der Waals surface area contributed by atoms with Gasteiger partial charge in [-0.05, 0) is 50.8 Å². The summed E-state index contributed by atoms with van der Waals surface area (Å²) >= 11 is 1.36. The molecule has 34 heavy (non-hydrogen) atoms. The van der Waals surface area contributed by atoms with E-state index in [4.69, 9.17) is 9.47 Å². The molecule has 5 rings (SSSR count). The molecule has 2 heterocycles. The molecule has 1 fully saturated rings. The van der Waals surface area contributed by atoms with Gasteiger partial charge in [0.25, 0.3) is 0 Å². The Hall–Kier alpha value is -2.84.